The Morgan fingerprint density at radius 2 is 1.96 bits per heavy atom. The Labute approximate surface area is 158 Å². The number of hydrogen-bond acceptors (Lipinski definition) is 4. The highest BCUT2D eigenvalue weighted by Crippen LogP contribution is 2.22. The Morgan fingerprint density at radius 3 is 2.69 bits per heavy atom. The van der Waals surface area contributed by atoms with E-state index in [1.54, 1.807) is 11.3 Å². The van der Waals surface area contributed by atoms with E-state index in [1.807, 2.05) is 37.1 Å². The number of fused-ring (bicyclic) bond motifs is 1. The first kappa shape index (κ1) is 18.5. The van der Waals surface area contributed by atoms with Gasteiger partial charge in [0.25, 0.3) is 0 Å². The van der Waals surface area contributed by atoms with Gasteiger partial charge in [0.05, 0.1) is 29.3 Å². The van der Waals surface area contributed by atoms with Crippen molar-refractivity contribution in [2.75, 3.05) is 13.6 Å². The highest BCUT2D eigenvalue weighted by molar-refractivity contribution is 7.18. The van der Waals surface area contributed by atoms with Gasteiger partial charge in [-0.1, -0.05) is 30.3 Å². The molecule has 2 aromatic carbocycles. The number of nitrogens with one attached hydrogen (secondary N) is 1. The first-order valence-corrected chi connectivity index (χ1v) is 9.63. The zero-order valence-corrected chi connectivity index (χ0v) is 16.6. The van der Waals surface area contributed by atoms with Crippen molar-refractivity contribution < 1.29 is 4.79 Å². The van der Waals surface area contributed by atoms with Crippen LogP contribution in [0.15, 0.2) is 42.5 Å². The Kier molecular flexibility index (Phi) is 5.69. The van der Waals surface area contributed by atoms with Gasteiger partial charge in [0, 0.05) is 0 Å². The monoisotopic (exact) mass is 367 g/mol. The first-order chi connectivity index (χ1) is 12.4. The molecular formula is C21H25N3OS. The summed E-state index contributed by atoms with van der Waals surface area (Å²) in [5, 5.41) is 4.12. The Hall–Kier alpha value is -2.24. The lowest BCUT2D eigenvalue weighted by atomic mass is 10.0. The van der Waals surface area contributed by atoms with Crippen LogP contribution in [-0.4, -0.2) is 29.4 Å². The maximum Gasteiger partial charge on any atom is 0.234 e. The molecule has 3 aromatic rings. The summed E-state index contributed by atoms with van der Waals surface area (Å²) in [5.74, 6) is 0.0272. The number of carbonyl (C=O) groups excluding carboxylic acids is 1. The van der Waals surface area contributed by atoms with Crippen LogP contribution < -0.4 is 5.32 Å². The molecule has 5 heteroatoms. The maximum atomic E-state index is 12.4. The molecule has 0 aliphatic heterocycles. The predicted octanol–water partition coefficient (Wildman–Crippen LogP) is 4.22. The van der Waals surface area contributed by atoms with Crippen molar-refractivity contribution in [3.63, 3.8) is 0 Å². The molecule has 1 unspecified atom stereocenters. The summed E-state index contributed by atoms with van der Waals surface area (Å²) in [6.07, 6.45) is 0. The molecule has 3 rings (SSSR count). The van der Waals surface area contributed by atoms with Crippen LogP contribution >= 0.6 is 11.3 Å². The quantitative estimate of drug-likeness (QED) is 0.709. The van der Waals surface area contributed by atoms with Gasteiger partial charge in [-0.25, -0.2) is 4.98 Å². The summed E-state index contributed by atoms with van der Waals surface area (Å²) in [6.45, 7) is 7.24. The van der Waals surface area contributed by atoms with Gasteiger partial charge in [-0.05, 0) is 56.6 Å². The van der Waals surface area contributed by atoms with E-state index in [2.05, 4.69) is 48.4 Å². The van der Waals surface area contributed by atoms with Gasteiger partial charge in [0.15, 0.2) is 0 Å². The second-order valence-corrected chi connectivity index (χ2v) is 8.00. The number of likely N-dealkylation sites (N-methyl/N-ethyl adjacent to an activating group) is 1. The van der Waals surface area contributed by atoms with E-state index in [0.717, 1.165) is 16.1 Å². The molecule has 0 radical (unpaired) electrons. The van der Waals surface area contributed by atoms with Crippen LogP contribution in [0.4, 0.5) is 0 Å². The zero-order chi connectivity index (χ0) is 18.7. The van der Waals surface area contributed by atoms with Crippen molar-refractivity contribution in [3.05, 3.63) is 64.2 Å². The minimum absolute atomic E-state index is 0.00218. The summed E-state index contributed by atoms with van der Waals surface area (Å²) in [7, 11) is 1.95. The standard InChI is InChI=1S/C21H25N3OS/c1-14-9-10-17(11-15(14)2)16(3)22-20(25)12-24(4)13-21-23-18-7-5-6-8-19(18)26-21/h5-11,16H,12-13H2,1-4H3,(H,22,25). The average Bonchev–Trinajstić information content (AvgIpc) is 2.98. The van der Waals surface area contributed by atoms with E-state index in [0.29, 0.717) is 13.1 Å². The molecule has 0 saturated carbocycles. The molecule has 1 N–H and O–H groups in total. The highest BCUT2D eigenvalue weighted by atomic mass is 32.1. The molecule has 1 amide bonds. The number of aryl methyl sites for hydroxylation is 2. The molecule has 0 aliphatic carbocycles. The lowest BCUT2D eigenvalue weighted by Gasteiger charge is -2.19. The number of benzene rings is 2. The van der Waals surface area contributed by atoms with Crippen molar-refractivity contribution in [2.45, 2.75) is 33.4 Å². The lowest BCUT2D eigenvalue weighted by molar-refractivity contribution is -0.122. The predicted molar refractivity (Wildman–Crippen MR) is 108 cm³/mol. The largest absolute Gasteiger partial charge is 0.348 e. The Bertz CT molecular complexity index is 886. The van der Waals surface area contributed by atoms with Crippen molar-refractivity contribution >= 4 is 27.5 Å². The maximum absolute atomic E-state index is 12.4. The van der Waals surface area contributed by atoms with Crippen LogP contribution in [0.5, 0.6) is 0 Å². The van der Waals surface area contributed by atoms with Gasteiger partial charge in [0.1, 0.15) is 5.01 Å². The molecule has 0 fully saturated rings. The second-order valence-electron chi connectivity index (χ2n) is 6.88. The number of carbonyl (C=O) groups is 1. The van der Waals surface area contributed by atoms with Gasteiger partial charge >= 0.3 is 0 Å². The van der Waals surface area contributed by atoms with E-state index in [9.17, 15) is 4.79 Å². The molecule has 26 heavy (non-hydrogen) atoms. The van der Waals surface area contributed by atoms with Crippen LogP contribution in [0.25, 0.3) is 10.2 Å². The number of para-hydroxylation sites is 1. The molecular weight excluding hydrogens is 342 g/mol. The smallest absolute Gasteiger partial charge is 0.234 e. The Balaban J connectivity index is 1.55. The molecule has 136 valence electrons. The molecule has 0 bridgehead atoms. The molecule has 0 saturated heterocycles. The van der Waals surface area contributed by atoms with Crippen molar-refractivity contribution in [1.29, 1.82) is 0 Å². The molecule has 1 aromatic heterocycles. The molecule has 1 heterocycles. The number of aromatic nitrogens is 1. The van der Waals surface area contributed by atoms with E-state index in [1.165, 1.54) is 15.8 Å². The fraction of sp³-hybridized carbons (Fsp3) is 0.333. The molecule has 0 spiro atoms. The SMILES string of the molecule is Cc1ccc(C(C)NC(=O)CN(C)Cc2nc3ccccc3s2)cc1C. The minimum Gasteiger partial charge on any atom is -0.348 e. The van der Waals surface area contributed by atoms with Crippen molar-refractivity contribution in [1.82, 2.24) is 15.2 Å². The number of amides is 1. The fourth-order valence-corrected chi connectivity index (χ4v) is 3.97. The molecule has 1 atom stereocenters. The van der Waals surface area contributed by atoms with Gasteiger partial charge in [-0.3, -0.25) is 9.69 Å². The average molecular weight is 368 g/mol. The van der Waals surface area contributed by atoms with Crippen LogP contribution in [0.3, 0.4) is 0 Å². The van der Waals surface area contributed by atoms with Crippen molar-refractivity contribution in [3.8, 4) is 0 Å². The van der Waals surface area contributed by atoms with Crippen LogP contribution in [0.2, 0.25) is 0 Å². The topological polar surface area (TPSA) is 45.2 Å². The summed E-state index contributed by atoms with van der Waals surface area (Å²) in [4.78, 5) is 19.0. The Morgan fingerprint density at radius 1 is 1.19 bits per heavy atom. The van der Waals surface area contributed by atoms with Gasteiger partial charge in [-0.15, -0.1) is 11.3 Å². The van der Waals surface area contributed by atoms with E-state index < -0.39 is 0 Å². The van der Waals surface area contributed by atoms with Gasteiger partial charge in [0.2, 0.25) is 5.91 Å². The van der Waals surface area contributed by atoms with Gasteiger partial charge in [-0.2, -0.15) is 0 Å². The molecule has 4 nitrogen and oxygen atoms in total. The normalized spacial score (nSPS) is 12.5. The summed E-state index contributed by atoms with van der Waals surface area (Å²) >= 11 is 1.68. The van der Waals surface area contributed by atoms with E-state index >= 15 is 0 Å². The fourth-order valence-electron chi connectivity index (χ4n) is 2.92. The minimum atomic E-state index is -0.00218. The second kappa shape index (κ2) is 7.98. The van der Waals surface area contributed by atoms with Gasteiger partial charge < -0.3 is 5.32 Å². The molecule has 0 aliphatic rings. The third-order valence-electron chi connectivity index (χ3n) is 4.57. The van der Waals surface area contributed by atoms with Crippen molar-refractivity contribution in [2.24, 2.45) is 0 Å². The summed E-state index contributed by atoms with van der Waals surface area (Å²) < 4.78 is 1.18. The number of rotatable bonds is 6. The third kappa shape index (κ3) is 4.48. The third-order valence-corrected chi connectivity index (χ3v) is 5.59. The summed E-state index contributed by atoms with van der Waals surface area (Å²) in [5.41, 5.74) is 4.67. The van der Waals surface area contributed by atoms with Crippen LogP contribution in [0, 0.1) is 13.8 Å². The zero-order valence-electron chi connectivity index (χ0n) is 15.7. The highest BCUT2D eigenvalue weighted by Gasteiger charge is 2.13. The van der Waals surface area contributed by atoms with E-state index in [-0.39, 0.29) is 11.9 Å². The number of thiazole rings is 1. The van der Waals surface area contributed by atoms with E-state index in [4.69, 9.17) is 0 Å². The first-order valence-electron chi connectivity index (χ1n) is 8.82. The van der Waals surface area contributed by atoms with Crippen LogP contribution in [0.1, 0.15) is 34.7 Å². The van der Waals surface area contributed by atoms with Crippen LogP contribution in [-0.2, 0) is 11.3 Å². The lowest BCUT2D eigenvalue weighted by Crippen LogP contribution is -2.36. The number of nitrogens with zero attached hydrogens (tertiary/aromatic N) is 2. The summed E-state index contributed by atoms with van der Waals surface area (Å²) in [6, 6.07) is 14.4. The number of hydrogen-bond donors (Lipinski definition) is 1.